The van der Waals surface area contributed by atoms with E-state index in [-0.39, 0.29) is 42.6 Å². The second kappa shape index (κ2) is 9.64. The highest BCUT2D eigenvalue weighted by Gasteiger charge is 2.28. The van der Waals surface area contributed by atoms with Crippen LogP contribution in [0.1, 0.15) is 12.5 Å². The normalized spacial score (nSPS) is 19.1. The Kier molecular flexibility index (Phi) is 7.53. The van der Waals surface area contributed by atoms with E-state index in [1.54, 1.807) is 25.1 Å². The van der Waals surface area contributed by atoms with Crippen molar-refractivity contribution < 1.29 is 23.0 Å². The van der Waals surface area contributed by atoms with Crippen molar-refractivity contribution in [3.8, 4) is 5.75 Å². The monoisotopic (exact) mass is 398 g/mol. The fourth-order valence-corrected chi connectivity index (χ4v) is 2.73. The molecule has 3 rings (SSSR count). The van der Waals surface area contributed by atoms with E-state index in [4.69, 9.17) is 9.47 Å². The van der Waals surface area contributed by atoms with Crippen molar-refractivity contribution in [1.29, 1.82) is 0 Å². The van der Waals surface area contributed by atoms with Crippen LogP contribution in [0.15, 0.2) is 42.5 Å². The Bertz CT molecular complexity index is 791. The molecule has 0 radical (unpaired) electrons. The Labute approximate surface area is 162 Å². The molecule has 146 valence electrons. The second-order valence-corrected chi connectivity index (χ2v) is 6.06. The highest BCUT2D eigenvalue weighted by Crippen LogP contribution is 2.23. The number of carbonyl (C=O) groups excluding carboxylic acids is 1. The molecule has 2 N–H and O–H groups in total. The predicted molar refractivity (Wildman–Crippen MR) is 100 cm³/mol. The molecule has 1 aliphatic rings. The van der Waals surface area contributed by atoms with Gasteiger partial charge in [-0.25, -0.2) is 8.78 Å². The van der Waals surface area contributed by atoms with Crippen LogP contribution in [-0.4, -0.2) is 31.2 Å². The Balaban J connectivity index is 0.00000261. The van der Waals surface area contributed by atoms with E-state index in [1.807, 2.05) is 0 Å². The number of ether oxygens (including phenoxy) is 2. The number of carbonyl (C=O) groups is 1. The van der Waals surface area contributed by atoms with Crippen molar-refractivity contribution in [2.24, 2.45) is 0 Å². The average molecular weight is 399 g/mol. The molecule has 0 aliphatic carbocycles. The van der Waals surface area contributed by atoms with Gasteiger partial charge in [-0.05, 0) is 36.8 Å². The zero-order chi connectivity index (χ0) is 18.5. The molecule has 1 heterocycles. The van der Waals surface area contributed by atoms with Gasteiger partial charge in [0, 0.05) is 18.3 Å². The lowest BCUT2D eigenvalue weighted by Gasteiger charge is -2.29. The average Bonchev–Trinajstić information content (AvgIpc) is 2.61. The lowest BCUT2D eigenvalue weighted by molar-refractivity contribution is -0.123. The summed E-state index contributed by atoms with van der Waals surface area (Å²) in [6.45, 7) is 2.99. The van der Waals surface area contributed by atoms with Crippen LogP contribution in [-0.2, 0) is 16.1 Å². The third-order valence-electron chi connectivity index (χ3n) is 4.08. The van der Waals surface area contributed by atoms with E-state index >= 15 is 0 Å². The smallest absolute Gasteiger partial charge is 0.244 e. The van der Waals surface area contributed by atoms with E-state index in [2.05, 4.69) is 10.6 Å². The molecule has 1 saturated heterocycles. The van der Waals surface area contributed by atoms with Gasteiger partial charge in [0.2, 0.25) is 5.91 Å². The molecule has 5 nitrogen and oxygen atoms in total. The molecule has 2 aromatic rings. The third kappa shape index (κ3) is 5.63. The zero-order valence-electron chi connectivity index (χ0n) is 14.7. The van der Waals surface area contributed by atoms with Crippen LogP contribution in [0.5, 0.6) is 5.75 Å². The molecule has 1 aliphatic heterocycles. The van der Waals surface area contributed by atoms with Crippen molar-refractivity contribution >= 4 is 24.0 Å². The fraction of sp³-hybridized carbons (Fsp3) is 0.316. The number of hydrogen-bond donors (Lipinski definition) is 2. The molecule has 0 saturated carbocycles. The van der Waals surface area contributed by atoms with Crippen LogP contribution in [0.3, 0.4) is 0 Å². The Morgan fingerprint density at radius 2 is 2.11 bits per heavy atom. The minimum Gasteiger partial charge on any atom is -0.486 e. The molecule has 0 unspecified atom stereocenters. The first-order chi connectivity index (χ1) is 12.5. The van der Waals surface area contributed by atoms with Crippen LogP contribution < -0.4 is 15.4 Å². The quantitative estimate of drug-likeness (QED) is 0.811. The first-order valence-corrected chi connectivity index (χ1v) is 8.35. The summed E-state index contributed by atoms with van der Waals surface area (Å²) < 4.78 is 38.2. The van der Waals surface area contributed by atoms with Gasteiger partial charge in [0.05, 0.1) is 12.7 Å². The zero-order valence-corrected chi connectivity index (χ0v) is 15.5. The molecule has 0 spiro atoms. The van der Waals surface area contributed by atoms with Crippen molar-refractivity contribution in [3.63, 3.8) is 0 Å². The molecule has 8 heteroatoms. The third-order valence-corrected chi connectivity index (χ3v) is 4.08. The molecule has 0 aromatic heterocycles. The molecule has 0 bridgehead atoms. The molecule has 2 atom stereocenters. The molecule has 1 fully saturated rings. The van der Waals surface area contributed by atoms with Gasteiger partial charge >= 0.3 is 0 Å². The number of amides is 1. The largest absolute Gasteiger partial charge is 0.486 e. The van der Waals surface area contributed by atoms with Gasteiger partial charge in [-0.1, -0.05) is 12.1 Å². The van der Waals surface area contributed by atoms with Crippen molar-refractivity contribution in [3.05, 3.63) is 59.7 Å². The van der Waals surface area contributed by atoms with E-state index in [0.717, 1.165) is 0 Å². The molecule has 1 amide bonds. The number of nitrogens with one attached hydrogen (secondary N) is 2. The first kappa shape index (κ1) is 21.1. The van der Waals surface area contributed by atoms with Crippen LogP contribution in [0.2, 0.25) is 0 Å². The number of benzene rings is 2. The maximum absolute atomic E-state index is 14.2. The SMILES string of the molecule is C[C@H]1OCCN[C@@H]1C(=O)Nc1ccc(OCc2cccc(F)c2)c(F)c1.Cl. The van der Waals surface area contributed by atoms with Gasteiger partial charge in [0.25, 0.3) is 0 Å². The molecular formula is C19H21ClF2N2O3. The summed E-state index contributed by atoms with van der Waals surface area (Å²) >= 11 is 0. The molecular weight excluding hydrogens is 378 g/mol. The second-order valence-electron chi connectivity index (χ2n) is 6.06. The maximum Gasteiger partial charge on any atom is 0.244 e. The summed E-state index contributed by atoms with van der Waals surface area (Å²) in [5, 5.41) is 5.74. The van der Waals surface area contributed by atoms with E-state index < -0.39 is 11.9 Å². The summed E-state index contributed by atoms with van der Waals surface area (Å²) in [4.78, 5) is 12.3. The van der Waals surface area contributed by atoms with Gasteiger partial charge in [0.15, 0.2) is 11.6 Å². The van der Waals surface area contributed by atoms with Crippen molar-refractivity contribution in [2.75, 3.05) is 18.5 Å². The molecule has 2 aromatic carbocycles. The summed E-state index contributed by atoms with van der Waals surface area (Å²) in [6, 6.07) is 9.59. The van der Waals surface area contributed by atoms with Gasteiger partial charge in [-0.15, -0.1) is 12.4 Å². The Hall–Kier alpha value is -2.22. The predicted octanol–water partition coefficient (Wildman–Crippen LogP) is 3.28. The van der Waals surface area contributed by atoms with E-state index in [0.29, 0.717) is 24.4 Å². The number of hydrogen-bond acceptors (Lipinski definition) is 4. The summed E-state index contributed by atoms with van der Waals surface area (Å²) in [6.07, 6.45) is -0.262. The maximum atomic E-state index is 14.2. The summed E-state index contributed by atoms with van der Waals surface area (Å²) in [5.41, 5.74) is 0.921. The van der Waals surface area contributed by atoms with Crippen LogP contribution in [0.4, 0.5) is 14.5 Å². The van der Waals surface area contributed by atoms with Crippen molar-refractivity contribution in [2.45, 2.75) is 25.7 Å². The molecule has 27 heavy (non-hydrogen) atoms. The van der Waals surface area contributed by atoms with E-state index in [9.17, 15) is 13.6 Å². The lowest BCUT2D eigenvalue weighted by Crippen LogP contribution is -2.53. The number of halogens is 3. The van der Waals surface area contributed by atoms with Gasteiger partial charge in [0.1, 0.15) is 18.5 Å². The number of rotatable bonds is 5. The minimum absolute atomic E-state index is 0. The minimum atomic E-state index is -0.611. The highest BCUT2D eigenvalue weighted by molar-refractivity contribution is 5.95. The summed E-state index contributed by atoms with van der Waals surface area (Å²) in [7, 11) is 0. The number of anilines is 1. The standard InChI is InChI=1S/C19H20F2N2O3.ClH/c1-12-18(22-7-8-25-12)19(24)23-15-5-6-17(16(21)10-15)26-11-13-3-2-4-14(20)9-13;/h2-6,9-10,12,18,22H,7-8,11H2,1H3,(H,23,24);1H/t12-,18+;/m1./s1. The highest BCUT2D eigenvalue weighted by atomic mass is 35.5. The van der Waals surface area contributed by atoms with Crippen LogP contribution in [0, 0.1) is 11.6 Å². The number of morpholine rings is 1. The van der Waals surface area contributed by atoms with Crippen molar-refractivity contribution in [1.82, 2.24) is 5.32 Å². The van der Waals surface area contributed by atoms with Crippen LogP contribution in [0.25, 0.3) is 0 Å². The van der Waals surface area contributed by atoms with Gasteiger partial charge in [-0.3, -0.25) is 4.79 Å². The first-order valence-electron chi connectivity index (χ1n) is 8.35. The lowest BCUT2D eigenvalue weighted by atomic mass is 10.1. The van der Waals surface area contributed by atoms with E-state index in [1.165, 1.54) is 24.3 Å². The summed E-state index contributed by atoms with van der Waals surface area (Å²) in [5.74, 6) is -1.25. The topological polar surface area (TPSA) is 59.6 Å². The fourth-order valence-electron chi connectivity index (χ4n) is 2.73. The Morgan fingerprint density at radius 1 is 1.30 bits per heavy atom. The van der Waals surface area contributed by atoms with Crippen LogP contribution >= 0.6 is 12.4 Å². The van der Waals surface area contributed by atoms with Gasteiger partial charge in [-0.2, -0.15) is 0 Å². The van der Waals surface area contributed by atoms with Gasteiger partial charge < -0.3 is 20.1 Å². The Morgan fingerprint density at radius 3 is 2.81 bits per heavy atom.